The first-order valence-corrected chi connectivity index (χ1v) is 8.18. The Balaban J connectivity index is -0.000000653. The van der Waals surface area contributed by atoms with Gasteiger partial charge in [-0.15, -0.1) is 0 Å². The summed E-state index contributed by atoms with van der Waals surface area (Å²) in [6, 6.07) is 11.0. The number of benzene rings is 1. The molecule has 0 amide bonds. The van der Waals surface area contributed by atoms with Gasteiger partial charge in [-0.1, -0.05) is 30.3 Å². The summed E-state index contributed by atoms with van der Waals surface area (Å²) in [5.74, 6) is 0. The molecule has 0 aliphatic carbocycles. The van der Waals surface area contributed by atoms with Crippen LogP contribution in [0.4, 0.5) is 14.1 Å². The zero-order chi connectivity index (χ0) is 10.4. The van der Waals surface area contributed by atoms with Crippen molar-refractivity contribution >= 4 is 7.26 Å². The molecule has 0 N–H and O–H groups in total. The summed E-state index contributed by atoms with van der Waals surface area (Å²) in [6.45, 7) is 7.09. The van der Waals surface area contributed by atoms with Crippen LogP contribution in [-0.4, -0.2) is 18.5 Å². The van der Waals surface area contributed by atoms with Crippen LogP contribution in [0.2, 0.25) is 0 Å². The normalized spacial score (nSPS) is 9.59. The van der Waals surface area contributed by atoms with E-state index in [9.17, 15) is 0 Å². The Bertz CT molecular complexity index is 252. The lowest BCUT2D eigenvalue weighted by Crippen LogP contribution is -2.05. The molecule has 1 aromatic rings. The van der Waals surface area contributed by atoms with Crippen molar-refractivity contribution in [2.45, 2.75) is 26.9 Å². The summed E-state index contributed by atoms with van der Waals surface area (Å²) in [6.07, 6.45) is 5.54. The lowest BCUT2D eigenvalue weighted by molar-refractivity contribution is 1.11. The van der Waals surface area contributed by atoms with Gasteiger partial charge in [-0.25, -0.2) is 0 Å². The molecule has 0 unspecified atom stereocenters. The zero-order valence-corrected chi connectivity index (χ0v) is 11.8. The van der Waals surface area contributed by atoms with Gasteiger partial charge >= 0.3 is 0 Å². The third-order valence-electron chi connectivity index (χ3n) is 3.37. The molecule has 0 atom stereocenters. The van der Waals surface area contributed by atoms with Gasteiger partial charge < -0.3 is 0 Å². The van der Waals surface area contributed by atoms with Gasteiger partial charge in [-0.3, -0.25) is 14.1 Å². The average Bonchev–Trinajstić information content (AvgIpc) is 2.28. The Morgan fingerprint density at radius 3 is 1.53 bits per heavy atom. The minimum Gasteiger partial charge on any atom is -0.269 e. The minimum absolute atomic E-state index is 0. The second-order valence-electron chi connectivity index (χ2n) is 3.93. The molecular weight excluding hydrogens is 244 g/mol. The molecule has 0 aliphatic rings. The van der Waals surface area contributed by atoms with Crippen molar-refractivity contribution in [2.75, 3.05) is 18.5 Å². The molecule has 0 heterocycles. The molecule has 0 bridgehead atoms. The van der Waals surface area contributed by atoms with E-state index in [-0.39, 0.29) is 14.1 Å². The molecule has 0 fully saturated rings. The Kier molecular flexibility index (Phi) is 13.5. The van der Waals surface area contributed by atoms with Crippen LogP contribution in [0.25, 0.3) is 0 Å². The van der Waals surface area contributed by atoms with Crippen LogP contribution in [0.1, 0.15) is 26.3 Å². The summed E-state index contributed by atoms with van der Waals surface area (Å²) in [4.78, 5) is 0. The first-order chi connectivity index (χ1) is 6.76. The quantitative estimate of drug-likeness (QED) is 0.678. The highest BCUT2D eigenvalue weighted by molar-refractivity contribution is 7.75. The summed E-state index contributed by atoms with van der Waals surface area (Å²) in [5, 5.41) is 0. The van der Waals surface area contributed by atoms with Crippen LogP contribution in [0.3, 0.4) is 0 Å². The van der Waals surface area contributed by atoms with Crippen LogP contribution in [-0.2, 0) is 6.16 Å². The van der Waals surface area contributed by atoms with E-state index >= 15 is 0 Å². The molecule has 0 saturated heterocycles. The summed E-state index contributed by atoms with van der Waals surface area (Å²) >= 11 is 0. The van der Waals surface area contributed by atoms with E-state index in [0.717, 1.165) is 0 Å². The summed E-state index contributed by atoms with van der Waals surface area (Å²) in [7, 11) is -0.661. The highest BCUT2D eigenvalue weighted by Gasteiger charge is 2.30. The van der Waals surface area contributed by atoms with Crippen LogP contribution >= 0.6 is 7.26 Å². The fraction of sp³-hybridized carbons (Fsp3) is 0.538. The van der Waals surface area contributed by atoms with Crippen LogP contribution in [0, 0.1) is 0 Å². The monoisotopic (exact) mass is 269 g/mol. The Labute approximate surface area is 103 Å². The maximum atomic E-state index is 2.36. The molecule has 17 heavy (non-hydrogen) atoms. The molecule has 0 saturated carbocycles. The molecule has 102 valence electrons. The lowest BCUT2D eigenvalue weighted by Gasteiger charge is -2.23. The molecule has 0 nitrogen and oxygen atoms in total. The summed E-state index contributed by atoms with van der Waals surface area (Å²) < 4.78 is 0. The first kappa shape index (κ1) is 21.7. The van der Waals surface area contributed by atoms with Crippen LogP contribution < -0.4 is 0 Å². The van der Waals surface area contributed by atoms with Crippen LogP contribution in [0.15, 0.2) is 30.3 Å². The zero-order valence-electron chi connectivity index (χ0n) is 10.9. The molecule has 0 radical (unpaired) electrons. The molecule has 4 heteroatoms. The minimum atomic E-state index is -0.661. The Hall–Kier alpha value is -0.560. The van der Waals surface area contributed by atoms with E-state index in [1.807, 2.05) is 0 Å². The molecule has 1 rings (SSSR count). The number of hydrogen-bond acceptors (Lipinski definition) is 0. The first-order valence-electron chi connectivity index (χ1n) is 5.65. The van der Waals surface area contributed by atoms with E-state index in [1.54, 1.807) is 0 Å². The predicted molar refractivity (Wildman–Crippen MR) is 76.2 cm³/mol. The fourth-order valence-electron chi connectivity index (χ4n) is 1.98. The van der Waals surface area contributed by atoms with Gasteiger partial charge in [-0.05, 0) is 26.3 Å². The van der Waals surface area contributed by atoms with E-state index in [1.165, 1.54) is 30.2 Å². The number of hydrogen-bond donors (Lipinski definition) is 0. The number of rotatable bonds is 5. The van der Waals surface area contributed by atoms with Gasteiger partial charge in [0.1, 0.15) is 0 Å². The van der Waals surface area contributed by atoms with E-state index in [4.69, 9.17) is 0 Å². The second kappa shape index (κ2) is 10.6. The topological polar surface area (TPSA) is 0 Å². The molecular formula is C13H25F3P+. The van der Waals surface area contributed by atoms with E-state index < -0.39 is 7.26 Å². The van der Waals surface area contributed by atoms with E-state index in [0.29, 0.717) is 0 Å². The molecule has 0 aromatic heterocycles. The SMILES string of the molecule is CC[P+](CC)(CC)Cc1ccccc1.F.F.F. The van der Waals surface area contributed by atoms with Crippen molar-refractivity contribution in [1.82, 2.24) is 0 Å². The average molecular weight is 269 g/mol. The Morgan fingerprint density at radius 2 is 1.18 bits per heavy atom. The van der Waals surface area contributed by atoms with Gasteiger partial charge in [0.15, 0.2) is 0 Å². The van der Waals surface area contributed by atoms with Crippen LogP contribution in [0.5, 0.6) is 0 Å². The molecule has 0 spiro atoms. The van der Waals surface area contributed by atoms with Gasteiger partial charge in [0.25, 0.3) is 0 Å². The van der Waals surface area contributed by atoms with Crippen molar-refractivity contribution < 1.29 is 14.1 Å². The Morgan fingerprint density at radius 1 is 0.765 bits per heavy atom. The van der Waals surface area contributed by atoms with Crippen molar-refractivity contribution in [2.24, 2.45) is 0 Å². The summed E-state index contributed by atoms with van der Waals surface area (Å²) in [5.41, 5.74) is 1.53. The van der Waals surface area contributed by atoms with Crippen molar-refractivity contribution in [3.8, 4) is 0 Å². The molecule has 1 aromatic carbocycles. The van der Waals surface area contributed by atoms with E-state index in [2.05, 4.69) is 51.1 Å². The largest absolute Gasteiger partial charge is 0.269 e. The van der Waals surface area contributed by atoms with Gasteiger partial charge in [0.2, 0.25) is 0 Å². The predicted octanol–water partition coefficient (Wildman–Crippen LogP) is 4.72. The second-order valence-corrected chi connectivity index (χ2v) is 8.83. The van der Waals surface area contributed by atoms with Gasteiger partial charge in [0.05, 0.1) is 24.6 Å². The van der Waals surface area contributed by atoms with Crippen molar-refractivity contribution in [1.29, 1.82) is 0 Å². The third-order valence-corrected chi connectivity index (χ3v) is 8.43. The maximum absolute atomic E-state index is 2.36. The van der Waals surface area contributed by atoms with Gasteiger partial charge in [0, 0.05) is 7.26 Å². The third kappa shape index (κ3) is 6.07. The highest BCUT2D eigenvalue weighted by Crippen LogP contribution is 2.60. The number of halogens is 3. The van der Waals surface area contributed by atoms with Gasteiger partial charge in [-0.2, -0.15) is 0 Å². The van der Waals surface area contributed by atoms with Crippen molar-refractivity contribution in [3.05, 3.63) is 35.9 Å². The highest BCUT2D eigenvalue weighted by atomic mass is 31.2. The van der Waals surface area contributed by atoms with Crippen molar-refractivity contribution in [3.63, 3.8) is 0 Å². The fourth-order valence-corrected chi connectivity index (χ4v) is 4.97. The lowest BCUT2D eigenvalue weighted by atomic mass is 10.2. The molecule has 0 aliphatic heterocycles. The smallest absolute Gasteiger partial charge is 0.0842 e. The standard InChI is InChI=1S/C13H22P.3FH/c1-4-14(5-2,6-3)12-13-10-8-7-9-11-13;;;/h7-11H,4-6,12H2,1-3H3;3*1H/q+1;;;. The maximum Gasteiger partial charge on any atom is 0.0842 e.